The molecular weight excluding hydrogens is 385 g/mol. The molecule has 4 rings (SSSR count). The Morgan fingerprint density at radius 2 is 0.741 bits per heavy atom. The minimum absolute atomic E-state index is 1.23. The molecule has 27 heavy (non-hydrogen) atoms. The standard InChI is InChI=1S/C26H22Ge/c1-22(23-14-6-2-7-15-23)27(24-16-8-3-9-17-24,25-18-10-4-11-19-25)26-20-12-5-13-21-26/h2-21H,1H2. The van der Waals surface area contributed by atoms with E-state index in [0.717, 1.165) is 0 Å². The molecule has 0 aromatic heterocycles. The summed E-state index contributed by atoms with van der Waals surface area (Å²) in [5.74, 6) is 0. The van der Waals surface area contributed by atoms with Crippen molar-refractivity contribution in [3.05, 3.63) is 133 Å². The number of rotatable bonds is 5. The summed E-state index contributed by atoms with van der Waals surface area (Å²) >= 11 is -3.17. The van der Waals surface area contributed by atoms with Crippen molar-refractivity contribution in [3.8, 4) is 0 Å². The zero-order valence-electron chi connectivity index (χ0n) is 15.3. The molecule has 0 saturated carbocycles. The van der Waals surface area contributed by atoms with E-state index in [-0.39, 0.29) is 0 Å². The SMILES string of the molecule is C=[C](c1ccccc1)[Ge]([c]1ccccc1)([c]1ccccc1)[c]1ccccc1. The van der Waals surface area contributed by atoms with Gasteiger partial charge in [0.25, 0.3) is 0 Å². The van der Waals surface area contributed by atoms with Gasteiger partial charge in [-0.15, -0.1) is 0 Å². The summed E-state index contributed by atoms with van der Waals surface area (Å²) in [6, 6.07) is 43.6. The summed E-state index contributed by atoms with van der Waals surface area (Å²) in [7, 11) is 0. The fourth-order valence-corrected chi connectivity index (χ4v) is 13.9. The van der Waals surface area contributed by atoms with Crippen LogP contribution in [0.5, 0.6) is 0 Å². The van der Waals surface area contributed by atoms with E-state index in [9.17, 15) is 0 Å². The van der Waals surface area contributed by atoms with Crippen molar-refractivity contribution in [2.45, 2.75) is 0 Å². The van der Waals surface area contributed by atoms with Crippen LogP contribution in [0, 0.1) is 0 Å². The maximum atomic E-state index is 4.71. The second kappa shape index (κ2) is 7.81. The molecular formula is C26H22Ge. The Hall–Kier alpha value is -2.84. The Bertz CT molecular complexity index is 910. The van der Waals surface area contributed by atoms with Crippen molar-refractivity contribution >= 4 is 30.9 Å². The van der Waals surface area contributed by atoms with Crippen molar-refractivity contribution in [2.75, 3.05) is 0 Å². The first-order valence-electron chi connectivity index (χ1n) is 9.25. The summed E-state index contributed by atoms with van der Waals surface area (Å²) in [5, 5.41) is 0. The van der Waals surface area contributed by atoms with Gasteiger partial charge in [0.1, 0.15) is 0 Å². The van der Waals surface area contributed by atoms with Crippen molar-refractivity contribution < 1.29 is 0 Å². The minimum atomic E-state index is -3.17. The van der Waals surface area contributed by atoms with E-state index in [1.807, 2.05) is 0 Å². The van der Waals surface area contributed by atoms with Crippen molar-refractivity contribution in [3.63, 3.8) is 0 Å². The van der Waals surface area contributed by atoms with Crippen molar-refractivity contribution in [1.29, 1.82) is 0 Å². The fourth-order valence-electron chi connectivity index (χ4n) is 3.94. The van der Waals surface area contributed by atoms with Crippen LogP contribution < -0.4 is 13.2 Å². The first kappa shape index (κ1) is 17.6. The average molecular weight is 407 g/mol. The Balaban J connectivity index is 2.08. The third kappa shape index (κ3) is 3.17. The third-order valence-corrected chi connectivity index (χ3v) is 15.2. The second-order valence-electron chi connectivity index (χ2n) is 6.69. The molecule has 130 valence electrons. The molecule has 0 unspecified atom stereocenters. The molecule has 1 heteroatoms. The second-order valence-corrected chi connectivity index (χ2v) is 14.7. The summed E-state index contributed by atoms with van der Waals surface area (Å²) < 4.78 is 5.48. The monoisotopic (exact) mass is 408 g/mol. The van der Waals surface area contributed by atoms with E-state index in [2.05, 4.69) is 121 Å². The van der Waals surface area contributed by atoms with Crippen LogP contribution in [0.25, 0.3) is 4.41 Å². The van der Waals surface area contributed by atoms with Crippen molar-refractivity contribution in [2.24, 2.45) is 0 Å². The van der Waals surface area contributed by atoms with Gasteiger partial charge in [0.2, 0.25) is 0 Å². The molecule has 0 spiro atoms. The molecule has 0 aliphatic heterocycles. The first-order chi connectivity index (χ1) is 13.3. The molecule has 0 fully saturated rings. The predicted octanol–water partition coefficient (Wildman–Crippen LogP) is 4.41. The van der Waals surface area contributed by atoms with Gasteiger partial charge in [0.05, 0.1) is 0 Å². The number of hydrogen-bond donors (Lipinski definition) is 0. The van der Waals surface area contributed by atoms with Gasteiger partial charge in [-0.1, -0.05) is 0 Å². The van der Waals surface area contributed by atoms with Crippen LogP contribution in [0.4, 0.5) is 0 Å². The van der Waals surface area contributed by atoms with Crippen LogP contribution in [-0.4, -0.2) is 13.3 Å². The average Bonchev–Trinajstić information content (AvgIpc) is 2.77. The summed E-state index contributed by atoms with van der Waals surface area (Å²) in [6.45, 7) is 4.71. The van der Waals surface area contributed by atoms with Crippen LogP contribution in [0.1, 0.15) is 5.56 Å². The maximum absolute atomic E-state index is 4.71. The fraction of sp³-hybridized carbons (Fsp3) is 0. The van der Waals surface area contributed by atoms with Gasteiger partial charge in [0.15, 0.2) is 0 Å². The van der Waals surface area contributed by atoms with Crippen LogP contribution >= 0.6 is 0 Å². The molecule has 0 nitrogen and oxygen atoms in total. The molecule has 0 bridgehead atoms. The molecule has 0 amide bonds. The molecule has 0 radical (unpaired) electrons. The first-order valence-corrected chi connectivity index (χ1v) is 13.4. The van der Waals surface area contributed by atoms with Gasteiger partial charge in [0, 0.05) is 0 Å². The quantitative estimate of drug-likeness (QED) is 0.430. The van der Waals surface area contributed by atoms with E-state index in [4.69, 9.17) is 6.58 Å². The van der Waals surface area contributed by atoms with Crippen LogP contribution in [0.15, 0.2) is 128 Å². The van der Waals surface area contributed by atoms with E-state index in [0.29, 0.717) is 0 Å². The summed E-state index contributed by atoms with van der Waals surface area (Å²) in [6.07, 6.45) is 0. The van der Waals surface area contributed by atoms with Crippen LogP contribution in [0.3, 0.4) is 0 Å². The molecule has 4 aromatic carbocycles. The number of benzene rings is 4. The Labute approximate surface area is 164 Å². The molecule has 0 heterocycles. The predicted molar refractivity (Wildman–Crippen MR) is 119 cm³/mol. The molecule has 0 atom stereocenters. The van der Waals surface area contributed by atoms with Gasteiger partial charge < -0.3 is 0 Å². The van der Waals surface area contributed by atoms with E-state index in [1.165, 1.54) is 23.2 Å². The topological polar surface area (TPSA) is 0 Å². The van der Waals surface area contributed by atoms with E-state index >= 15 is 0 Å². The Morgan fingerprint density at radius 1 is 0.444 bits per heavy atom. The van der Waals surface area contributed by atoms with Gasteiger partial charge >= 0.3 is 164 Å². The Morgan fingerprint density at radius 3 is 1.07 bits per heavy atom. The van der Waals surface area contributed by atoms with Gasteiger partial charge in [-0.25, -0.2) is 0 Å². The van der Waals surface area contributed by atoms with Crippen molar-refractivity contribution in [1.82, 2.24) is 0 Å². The summed E-state index contributed by atoms with van der Waals surface area (Å²) in [5.41, 5.74) is 1.23. The number of hydrogen-bond acceptors (Lipinski definition) is 0. The Kier molecular flexibility index (Phi) is 5.08. The molecule has 0 saturated heterocycles. The molecule has 4 aromatic rings. The van der Waals surface area contributed by atoms with Crippen LogP contribution in [-0.2, 0) is 0 Å². The molecule has 0 aliphatic carbocycles. The normalized spacial score (nSPS) is 11.1. The van der Waals surface area contributed by atoms with E-state index < -0.39 is 13.3 Å². The third-order valence-electron chi connectivity index (χ3n) is 5.20. The van der Waals surface area contributed by atoms with Gasteiger partial charge in [-0.3, -0.25) is 0 Å². The van der Waals surface area contributed by atoms with Gasteiger partial charge in [-0.2, -0.15) is 0 Å². The summed E-state index contributed by atoms with van der Waals surface area (Å²) in [4.78, 5) is 0. The van der Waals surface area contributed by atoms with E-state index in [1.54, 1.807) is 0 Å². The van der Waals surface area contributed by atoms with Crippen LogP contribution in [0.2, 0.25) is 0 Å². The van der Waals surface area contributed by atoms with Gasteiger partial charge in [-0.05, 0) is 0 Å². The zero-order chi connectivity index (χ0) is 18.5. The molecule has 0 aliphatic rings. The molecule has 0 N–H and O–H groups in total. The zero-order valence-corrected chi connectivity index (χ0v) is 17.4.